The summed E-state index contributed by atoms with van der Waals surface area (Å²) in [6.07, 6.45) is -1.28. The van der Waals surface area contributed by atoms with Crippen molar-refractivity contribution in [1.82, 2.24) is 9.72 Å². The first kappa shape index (κ1) is 27.0. The van der Waals surface area contributed by atoms with Gasteiger partial charge in [-0.2, -0.15) is 13.2 Å². The average Bonchev–Trinajstić information content (AvgIpc) is 3.47. The first-order chi connectivity index (χ1) is 18.1. The molecule has 11 heteroatoms. The largest absolute Gasteiger partial charge is 0.493 e. The molecule has 38 heavy (non-hydrogen) atoms. The molecular formula is C27H27F3N2O6. The van der Waals surface area contributed by atoms with Crippen LogP contribution in [-0.4, -0.2) is 41.9 Å². The fourth-order valence-corrected chi connectivity index (χ4v) is 4.29. The number of halogens is 3. The van der Waals surface area contributed by atoms with Crippen LogP contribution in [0.25, 0.3) is 21.9 Å². The fraction of sp³-hybridized carbons (Fsp3) is 0.370. The zero-order valence-electron chi connectivity index (χ0n) is 21.2. The Morgan fingerprint density at radius 1 is 1.08 bits per heavy atom. The number of aromatic nitrogens is 2. The third-order valence-electron chi connectivity index (χ3n) is 6.05. The third kappa shape index (κ3) is 5.61. The zero-order valence-corrected chi connectivity index (χ0v) is 21.2. The van der Waals surface area contributed by atoms with E-state index in [1.54, 1.807) is 24.4 Å². The molecule has 0 saturated heterocycles. The molecule has 0 spiro atoms. The van der Waals surface area contributed by atoms with E-state index in [1.807, 2.05) is 6.92 Å². The number of esters is 1. The summed E-state index contributed by atoms with van der Waals surface area (Å²) >= 11 is 0. The lowest BCUT2D eigenvalue weighted by Crippen LogP contribution is -2.07. The van der Waals surface area contributed by atoms with Gasteiger partial charge in [0.05, 0.1) is 37.6 Å². The highest BCUT2D eigenvalue weighted by atomic mass is 19.4. The summed E-state index contributed by atoms with van der Waals surface area (Å²) in [6.45, 7) is 3.90. The van der Waals surface area contributed by atoms with Crippen molar-refractivity contribution >= 4 is 33.7 Å². The minimum Gasteiger partial charge on any atom is -0.493 e. The van der Waals surface area contributed by atoms with E-state index in [2.05, 4.69) is 5.16 Å². The molecule has 4 rings (SSSR count). The van der Waals surface area contributed by atoms with Crippen molar-refractivity contribution in [2.45, 2.75) is 45.7 Å². The van der Waals surface area contributed by atoms with E-state index in [1.165, 1.54) is 30.7 Å². The van der Waals surface area contributed by atoms with E-state index >= 15 is 0 Å². The summed E-state index contributed by atoms with van der Waals surface area (Å²) < 4.78 is 62.6. The lowest BCUT2D eigenvalue weighted by Gasteiger charge is -2.12. The molecule has 8 nitrogen and oxygen atoms in total. The molecule has 0 N–H and O–H groups in total. The normalized spacial score (nSPS) is 11.7. The number of rotatable bonds is 10. The van der Waals surface area contributed by atoms with E-state index in [9.17, 15) is 22.8 Å². The van der Waals surface area contributed by atoms with Crippen molar-refractivity contribution < 1.29 is 41.5 Å². The van der Waals surface area contributed by atoms with Gasteiger partial charge in [0.25, 0.3) is 0 Å². The number of carbonyl (C=O) groups is 2. The van der Waals surface area contributed by atoms with E-state index < -0.39 is 17.8 Å². The molecule has 0 aliphatic heterocycles. The minimum absolute atomic E-state index is 0.0439. The topological polar surface area (TPSA) is 92.8 Å². The first-order valence-corrected chi connectivity index (χ1v) is 12.1. The molecule has 0 amide bonds. The third-order valence-corrected chi connectivity index (χ3v) is 6.05. The van der Waals surface area contributed by atoms with Gasteiger partial charge in [0.1, 0.15) is 11.5 Å². The molecule has 2 aromatic carbocycles. The van der Waals surface area contributed by atoms with E-state index in [-0.39, 0.29) is 29.9 Å². The number of benzene rings is 2. The standard InChI is InChI=1S/C27H27F3N2O6/c1-4-6-20-23(10-9-21-25(20)38-31-26(21)27(28,29)30)37-12-5-11-36-18-7-8-19-17(13-24(34)35-3)15-32(16(2)33)22(19)14-18/h7-10,14-15H,4-6,11-13H2,1-3H3. The monoisotopic (exact) mass is 532 g/mol. The summed E-state index contributed by atoms with van der Waals surface area (Å²) in [5.74, 6) is 0.379. The molecule has 0 bridgehead atoms. The van der Waals surface area contributed by atoms with Gasteiger partial charge in [-0.3, -0.25) is 14.2 Å². The summed E-state index contributed by atoms with van der Waals surface area (Å²) in [5, 5.41) is 3.90. The van der Waals surface area contributed by atoms with Crippen LogP contribution in [-0.2, 0) is 28.5 Å². The highest BCUT2D eigenvalue weighted by Gasteiger charge is 2.37. The van der Waals surface area contributed by atoms with Gasteiger partial charge >= 0.3 is 12.1 Å². The zero-order chi connectivity index (χ0) is 27.4. The number of alkyl halides is 3. The van der Waals surface area contributed by atoms with Gasteiger partial charge in [0.2, 0.25) is 5.91 Å². The molecule has 0 aliphatic carbocycles. The average molecular weight is 533 g/mol. The van der Waals surface area contributed by atoms with Crippen molar-refractivity contribution in [2.24, 2.45) is 0 Å². The molecule has 2 heterocycles. The Morgan fingerprint density at radius 3 is 2.50 bits per heavy atom. The number of aryl methyl sites for hydroxylation is 1. The first-order valence-electron chi connectivity index (χ1n) is 12.1. The lowest BCUT2D eigenvalue weighted by atomic mass is 10.0. The van der Waals surface area contributed by atoms with Gasteiger partial charge in [-0.05, 0) is 36.2 Å². The number of fused-ring (bicyclic) bond motifs is 2. The van der Waals surface area contributed by atoms with Crippen molar-refractivity contribution in [3.8, 4) is 11.5 Å². The molecule has 0 radical (unpaired) electrons. The second kappa shape index (κ2) is 11.2. The quantitative estimate of drug-likeness (QED) is 0.183. The second-order valence-electron chi connectivity index (χ2n) is 8.72. The number of hydrogen-bond acceptors (Lipinski definition) is 7. The van der Waals surface area contributed by atoms with E-state index in [0.29, 0.717) is 54.0 Å². The summed E-state index contributed by atoms with van der Waals surface area (Å²) in [4.78, 5) is 23.8. The molecule has 4 aromatic rings. The van der Waals surface area contributed by atoms with Crippen molar-refractivity contribution in [3.05, 3.63) is 53.3 Å². The summed E-state index contributed by atoms with van der Waals surface area (Å²) in [7, 11) is 1.31. The Labute approximate surface area is 216 Å². The molecule has 0 aliphatic rings. The highest BCUT2D eigenvalue weighted by Crippen LogP contribution is 2.38. The Morgan fingerprint density at radius 2 is 1.82 bits per heavy atom. The van der Waals surface area contributed by atoms with Crippen LogP contribution < -0.4 is 9.47 Å². The van der Waals surface area contributed by atoms with Gasteiger partial charge in [-0.25, -0.2) is 0 Å². The van der Waals surface area contributed by atoms with Gasteiger partial charge < -0.3 is 18.7 Å². The maximum Gasteiger partial charge on any atom is 0.437 e. The van der Waals surface area contributed by atoms with Crippen molar-refractivity contribution in [1.29, 1.82) is 0 Å². The Bertz CT molecular complexity index is 1470. The van der Waals surface area contributed by atoms with Crippen LogP contribution in [0.15, 0.2) is 41.1 Å². The molecular weight excluding hydrogens is 505 g/mol. The number of ether oxygens (including phenoxy) is 3. The van der Waals surface area contributed by atoms with Crippen LogP contribution in [0.4, 0.5) is 13.2 Å². The number of carbonyl (C=O) groups excluding carboxylic acids is 2. The van der Waals surface area contributed by atoms with Crippen molar-refractivity contribution in [3.63, 3.8) is 0 Å². The SMILES string of the molecule is CCCc1c(OCCCOc2ccc3c(CC(=O)OC)cn(C(C)=O)c3c2)ccc2c(C(F)(F)F)noc12. The smallest absolute Gasteiger partial charge is 0.437 e. The number of methoxy groups -OCH3 is 1. The van der Waals surface area contributed by atoms with Gasteiger partial charge in [-0.15, -0.1) is 0 Å². The fourth-order valence-electron chi connectivity index (χ4n) is 4.29. The summed E-state index contributed by atoms with van der Waals surface area (Å²) in [6, 6.07) is 8.10. The number of hydrogen-bond donors (Lipinski definition) is 0. The van der Waals surface area contributed by atoms with Gasteiger partial charge in [0, 0.05) is 36.6 Å². The Kier molecular flexibility index (Phi) is 7.94. The molecule has 0 fully saturated rings. The summed E-state index contributed by atoms with van der Waals surface area (Å²) in [5.41, 5.74) is 0.882. The van der Waals surface area contributed by atoms with Crippen LogP contribution in [0, 0.1) is 0 Å². The maximum atomic E-state index is 13.2. The molecule has 0 unspecified atom stereocenters. The van der Waals surface area contributed by atoms with Crippen LogP contribution in [0.1, 0.15) is 48.3 Å². The molecule has 202 valence electrons. The Hall–Kier alpha value is -4.02. The van der Waals surface area contributed by atoms with Crippen LogP contribution in [0.3, 0.4) is 0 Å². The van der Waals surface area contributed by atoms with Crippen molar-refractivity contribution in [2.75, 3.05) is 20.3 Å². The van der Waals surface area contributed by atoms with E-state index in [4.69, 9.17) is 18.7 Å². The Balaban J connectivity index is 1.41. The maximum absolute atomic E-state index is 13.2. The van der Waals surface area contributed by atoms with Crippen LogP contribution in [0.5, 0.6) is 11.5 Å². The lowest BCUT2D eigenvalue weighted by molar-refractivity contribution is -0.141. The van der Waals surface area contributed by atoms with Crippen LogP contribution in [0.2, 0.25) is 0 Å². The predicted octanol–water partition coefficient (Wildman–Crippen LogP) is 5.98. The highest BCUT2D eigenvalue weighted by molar-refractivity contribution is 5.96. The van der Waals surface area contributed by atoms with E-state index in [0.717, 1.165) is 5.39 Å². The van der Waals surface area contributed by atoms with Gasteiger partial charge in [0.15, 0.2) is 11.3 Å². The molecule has 2 aromatic heterocycles. The predicted molar refractivity (Wildman–Crippen MR) is 133 cm³/mol. The number of nitrogens with zero attached hydrogens (tertiary/aromatic N) is 2. The molecule has 0 saturated carbocycles. The second-order valence-corrected chi connectivity index (χ2v) is 8.72. The molecule has 0 atom stereocenters. The minimum atomic E-state index is -4.60. The van der Waals surface area contributed by atoms with Crippen LogP contribution >= 0.6 is 0 Å². The van der Waals surface area contributed by atoms with Gasteiger partial charge in [-0.1, -0.05) is 18.5 Å².